The molecule has 0 radical (unpaired) electrons. The van der Waals surface area contributed by atoms with Crippen molar-refractivity contribution in [2.45, 2.75) is 6.92 Å². The highest BCUT2D eigenvalue weighted by Crippen LogP contribution is 2.34. The fourth-order valence-corrected chi connectivity index (χ4v) is 3.70. The Bertz CT molecular complexity index is 916. The number of amides is 1. The number of carbonyl (C=O) groups excluding carboxylic acids is 1. The van der Waals surface area contributed by atoms with E-state index < -0.39 is 0 Å². The molecule has 1 fully saturated rings. The summed E-state index contributed by atoms with van der Waals surface area (Å²) in [6.07, 6.45) is 1.77. The van der Waals surface area contributed by atoms with Crippen molar-refractivity contribution in [2.75, 3.05) is 36.9 Å². The number of nitrogens with zero attached hydrogens (tertiary/aromatic N) is 1. The second-order valence-corrected chi connectivity index (χ2v) is 7.02. The van der Waals surface area contributed by atoms with Gasteiger partial charge >= 0.3 is 0 Å². The van der Waals surface area contributed by atoms with Gasteiger partial charge in [0, 0.05) is 41.8 Å². The quantitative estimate of drug-likeness (QED) is 0.632. The van der Waals surface area contributed by atoms with Crippen LogP contribution in [0.4, 0.5) is 11.4 Å². The standard InChI is InChI=1S/C21H21N3O2S/c1-14-3-2-4-18-19(14)17(20(25)23-18)13-22-16-7-5-15(6-8-16)21(27)24-9-11-26-12-10-24/h2-8,13,22H,9-12H2,1H3,(H,23,25). The highest BCUT2D eigenvalue weighted by atomic mass is 32.1. The SMILES string of the molecule is Cc1cccc2c1C(=CNc1ccc(C(=S)N3CCOCC3)cc1)C(=O)N2. The number of nitrogens with one attached hydrogen (secondary N) is 2. The van der Waals surface area contributed by atoms with Crippen LogP contribution in [0, 0.1) is 6.92 Å². The number of hydrogen-bond donors (Lipinski definition) is 2. The Morgan fingerprint density at radius 1 is 1.19 bits per heavy atom. The van der Waals surface area contributed by atoms with Crippen molar-refractivity contribution in [2.24, 2.45) is 0 Å². The van der Waals surface area contributed by atoms with E-state index in [0.29, 0.717) is 5.57 Å². The zero-order valence-corrected chi connectivity index (χ0v) is 15.9. The van der Waals surface area contributed by atoms with Crippen molar-refractivity contribution in [1.29, 1.82) is 0 Å². The van der Waals surface area contributed by atoms with E-state index in [1.54, 1.807) is 6.20 Å². The molecule has 0 bridgehead atoms. The maximum Gasteiger partial charge on any atom is 0.257 e. The molecule has 2 N–H and O–H groups in total. The Morgan fingerprint density at radius 2 is 1.93 bits per heavy atom. The van der Waals surface area contributed by atoms with E-state index in [1.807, 2.05) is 49.4 Å². The first-order valence-corrected chi connectivity index (χ1v) is 9.39. The zero-order valence-electron chi connectivity index (χ0n) is 15.1. The van der Waals surface area contributed by atoms with Crippen molar-refractivity contribution in [3.05, 3.63) is 65.4 Å². The van der Waals surface area contributed by atoms with Gasteiger partial charge in [-0.15, -0.1) is 0 Å². The molecule has 0 aromatic heterocycles. The molecule has 2 heterocycles. The molecule has 2 aliphatic rings. The van der Waals surface area contributed by atoms with Crippen molar-refractivity contribution >= 4 is 40.1 Å². The van der Waals surface area contributed by atoms with Crippen LogP contribution in [0.2, 0.25) is 0 Å². The van der Waals surface area contributed by atoms with Gasteiger partial charge in [-0.25, -0.2) is 0 Å². The minimum atomic E-state index is -0.0862. The number of hydrogen-bond acceptors (Lipinski definition) is 4. The Balaban J connectivity index is 1.49. The predicted octanol–water partition coefficient (Wildman–Crippen LogP) is 3.41. The third-order valence-electron chi connectivity index (χ3n) is 4.85. The number of thiocarbonyl (C=S) groups is 1. The number of ether oxygens (including phenoxy) is 1. The summed E-state index contributed by atoms with van der Waals surface area (Å²) >= 11 is 5.59. The molecule has 1 saturated heterocycles. The van der Waals surface area contributed by atoms with Crippen molar-refractivity contribution < 1.29 is 9.53 Å². The van der Waals surface area contributed by atoms with Gasteiger partial charge < -0.3 is 20.3 Å². The fraction of sp³-hybridized carbons (Fsp3) is 0.238. The van der Waals surface area contributed by atoms with Crippen LogP contribution in [-0.2, 0) is 9.53 Å². The number of aryl methyl sites for hydroxylation is 1. The topological polar surface area (TPSA) is 53.6 Å². The molecular formula is C21H21N3O2S. The van der Waals surface area contributed by atoms with Gasteiger partial charge in [-0.05, 0) is 42.8 Å². The van der Waals surface area contributed by atoms with Crippen LogP contribution in [0.5, 0.6) is 0 Å². The van der Waals surface area contributed by atoms with Crippen LogP contribution in [0.15, 0.2) is 48.7 Å². The molecule has 0 spiro atoms. The van der Waals surface area contributed by atoms with Crippen molar-refractivity contribution in [3.63, 3.8) is 0 Å². The molecule has 2 aliphatic heterocycles. The molecule has 0 aliphatic carbocycles. The summed E-state index contributed by atoms with van der Waals surface area (Å²) in [6, 6.07) is 13.8. The lowest BCUT2D eigenvalue weighted by Crippen LogP contribution is -2.40. The normalized spacial score (nSPS) is 17.6. The van der Waals surface area contributed by atoms with Gasteiger partial charge in [0.1, 0.15) is 4.99 Å². The Kier molecular flexibility index (Phi) is 4.92. The average molecular weight is 379 g/mol. The zero-order chi connectivity index (χ0) is 18.8. The summed E-state index contributed by atoms with van der Waals surface area (Å²) in [7, 11) is 0. The van der Waals surface area contributed by atoms with E-state index in [9.17, 15) is 4.79 Å². The lowest BCUT2D eigenvalue weighted by atomic mass is 10.0. The summed E-state index contributed by atoms with van der Waals surface area (Å²) < 4.78 is 5.38. The molecule has 27 heavy (non-hydrogen) atoms. The predicted molar refractivity (Wildman–Crippen MR) is 112 cm³/mol. The number of benzene rings is 2. The summed E-state index contributed by atoms with van der Waals surface area (Å²) in [5, 5.41) is 6.14. The van der Waals surface area contributed by atoms with E-state index in [-0.39, 0.29) is 5.91 Å². The first-order valence-electron chi connectivity index (χ1n) is 8.98. The van der Waals surface area contributed by atoms with E-state index >= 15 is 0 Å². The third-order valence-corrected chi connectivity index (χ3v) is 5.34. The molecule has 6 heteroatoms. The largest absolute Gasteiger partial charge is 0.378 e. The van der Waals surface area contributed by atoms with Gasteiger partial charge in [-0.3, -0.25) is 4.79 Å². The minimum absolute atomic E-state index is 0.0862. The van der Waals surface area contributed by atoms with E-state index in [4.69, 9.17) is 17.0 Å². The molecule has 2 aromatic rings. The highest BCUT2D eigenvalue weighted by molar-refractivity contribution is 7.80. The van der Waals surface area contributed by atoms with Gasteiger partial charge in [-0.1, -0.05) is 24.4 Å². The monoisotopic (exact) mass is 379 g/mol. The van der Waals surface area contributed by atoms with Crippen LogP contribution in [-0.4, -0.2) is 42.1 Å². The minimum Gasteiger partial charge on any atom is -0.378 e. The molecule has 5 nitrogen and oxygen atoms in total. The average Bonchev–Trinajstić information content (AvgIpc) is 3.03. The van der Waals surface area contributed by atoms with E-state index in [0.717, 1.165) is 59.4 Å². The molecule has 0 atom stereocenters. The van der Waals surface area contributed by atoms with E-state index in [1.165, 1.54) is 0 Å². The highest BCUT2D eigenvalue weighted by Gasteiger charge is 2.25. The van der Waals surface area contributed by atoms with Gasteiger partial charge in [0.25, 0.3) is 5.91 Å². The first-order chi connectivity index (χ1) is 13.1. The van der Waals surface area contributed by atoms with Crippen molar-refractivity contribution in [1.82, 2.24) is 4.90 Å². The number of anilines is 2. The lowest BCUT2D eigenvalue weighted by molar-refractivity contribution is -0.110. The third kappa shape index (κ3) is 3.59. The molecular weight excluding hydrogens is 358 g/mol. The smallest absolute Gasteiger partial charge is 0.257 e. The van der Waals surface area contributed by atoms with Gasteiger partial charge in [0.2, 0.25) is 0 Å². The molecule has 0 unspecified atom stereocenters. The number of carbonyl (C=O) groups is 1. The Morgan fingerprint density at radius 3 is 2.67 bits per heavy atom. The van der Waals surface area contributed by atoms with Gasteiger partial charge in [-0.2, -0.15) is 0 Å². The molecule has 138 valence electrons. The molecule has 0 saturated carbocycles. The second kappa shape index (κ2) is 7.50. The second-order valence-electron chi connectivity index (χ2n) is 6.64. The van der Waals surface area contributed by atoms with Gasteiger partial charge in [0.05, 0.1) is 18.8 Å². The lowest BCUT2D eigenvalue weighted by Gasteiger charge is -2.29. The summed E-state index contributed by atoms with van der Waals surface area (Å²) in [5.74, 6) is -0.0862. The van der Waals surface area contributed by atoms with Crippen LogP contribution in [0.25, 0.3) is 5.57 Å². The Labute approximate surface area is 164 Å². The van der Waals surface area contributed by atoms with Gasteiger partial charge in [0.15, 0.2) is 0 Å². The van der Waals surface area contributed by atoms with E-state index in [2.05, 4.69) is 15.5 Å². The molecule has 4 rings (SSSR count). The molecule has 1 amide bonds. The fourth-order valence-electron chi connectivity index (χ4n) is 3.38. The summed E-state index contributed by atoms with van der Waals surface area (Å²) in [6.45, 7) is 5.11. The van der Waals surface area contributed by atoms with Crippen LogP contribution in [0.1, 0.15) is 16.7 Å². The van der Waals surface area contributed by atoms with Crippen LogP contribution < -0.4 is 10.6 Å². The number of fused-ring (bicyclic) bond motifs is 1. The summed E-state index contributed by atoms with van der Waals surface area (Å²) in [5.41, 5.74) is 5.47. The maximum absolute atomic E-state index is 12.3. The Hall–Kier alpha value is -2.70. The molecule has 2 aromatic carbocycles. The summed E-state index contributed by atoms with van der Waals surface area (Å²) in [4.78, 5) is 15.3. The van der Waals surface area contributed by atoms with Crippen molar-refractivity contribution in [3.8, 4) is 0 Å². The number of rotatable bonds is 3. The van der Waals surface area contributed by atoms with Crippen LogP contribution >= 0.6 is 12.2 Å². The maximum atomic E-state index is 12.3. The number of morpholine rings is 1. The first kappa shape index (κ1) is 17.7. The van der Waals surface area contributed by atoms with Crippen LogP contribution in [0.3, 0.4) is 0 Å².